The van der Waals surface area contributed by atoms with Gasteiger partial charge in [0, 0.05) is 10.0 Å². The fraction of sp³-hybridized carbons (Fsp3) is 0.188. The zero-order chi connectivity index (χ0) is 15.6. The molecule has 0 N–H and O–H groups in total. The second-order valence-electron chi connectivity index (χ2n) is 4.40. The van der Waals surface area contributed by atoms with Crippen LogP contribution in [0.25, 0.3) is 0 Å². The average molecular weight is 370 g/mol. The highest BCUT2D eigenvalue weighted by Gasteiger charge is 2.21. The molecule has 0 heterocycles. The van der Waals surface area contributed by atoms with Crippen LogP contribution in [0, 0.1) is 6.92 Å². The van der Waals surface area contributed by atoms with Crippen molar-refractivity contribution in [2.75, 3.05) is 14.2 Å². The van der Waals surface area contributed by atoms with Crippen molar-refractivity contribution >= 4 is 33.3 Å². The molecule has 0 spiro atoms. The van der Waals surface area contributed by atoms with E-state index in [1.165, 1.54) is 14.2 Å². The molecule has 2 aromatic rings. The lowest BCUT2D eigenvalue weighted by atomic mass is 9.98. The number of carbonyl (C=O) groups is 1. The zero-order valence-corrected chi connectivity index (χ0v) is 14.2. The number of hydrogen-bond acceptors (Lipinski definition) is 3. The normalized spacial score (nSPS) is 10.3. The zero-order valence-electron chi connectivity index (χ0n) is 11.9. The van der Waals surface area contributed by atoms with Crippen LogP contribution in [0.1, 0.15) is 21.5 Å². The summed E-state index contributed by atoms with van der Waals surface area (Å²) < 4.78 is 11.3. The second-order valence-corrected chi connectivity index (χ2v) is 5.64. The van der Waals surface area contributed by atoms with E-state index in [1.807, 2.05) is 19.1 Å². The fourth-order valence-electron chi connectivity index (χ4n) is 2.07. The summed E-state index contributed by atoms with van der Waals surface area (Å²) in [4.78, 5) is 12.8. The Balaban J connectivity index is 2.59. The molecule has 0 aliphatic carbocycles. The Morgan fingerprint density at radius 2 is 1.81 bits per heavy atom. The minimum atomic E-state index is -0.143. The Bertz CT molecular complexity index is 698. The lowest BCUT2D eigenvalue weighted by Crippen LogP contribution is -2.07. The molecule has 2 rings (SSSR count). The predicted molar refractivity (Wildman–Crippen MR) is 86.9 cm³/mol. The molecule has 0 aliphatic rings. The van der Waals surface area contributed by atoms with Gasteiger partial charge in [0.05, 0.1) is 19.8 Å². The number of carbonyl (C=O) groups excluding carboxylic acids is 1. The van der Waals surface area contributed by atoms with E-state index >= 15 is 0 Å². The Morgan fingerprint density at radius 3 is 2.43 bits per heavy atom. The molecular weight excluding hydrogens is 356 g/mol. The molecule has 0 saturated heterocycles. The van der Waals surface area contributed by atoms with Crippen LogP contribution in [0.3, 0.4) is 0 Å². The summed E-state index contributed by atoms with van der Waals surface area (Å²) in [7, 11) is 2.99. The van der Waals surface area contributed by atoms with Gasteiger partial charge >= 0.3 is 0 Å². The smallest absolute Gasteiger partial charge is 0.197 e. The topological polar surface area (TPSA) is 35.5 Å². The lowest BCUT2D eigenvalue weighted by molar-refractivity contribution is 0.103. The van der Waals surface area contributed by atoms with E-state index in [2.05, 4.69) is 15.9 Å². The monoisotopic (exact) mass is 368 g/mol. The summed E-state index contributed by atoms with van der Waals surface area (Å²) in [6.45, 7) is 1.88. The van der Waals surface area contributed by atoms with Crippen molar-refractivity contribution < 1.29 is 14.3 Å². The Hall–Kier alpha value is -1.52. The molecule has 0 aliphatic heterocycles. The molecule has 0 unspecified atom stereocenters. The number of ether oxygens (including phenoxy) is 2. The molecule has 3 nitrogen and oxygen atoms in total. The van der Waals surface area contributed by atoms with Crippen molar-refractivity contribution in [1.29, 1.82) is 0 Å². The van der Waals surface area contributed by atoms with Crippen LogP contribution in [0.4, 0.5) is 0 Å². The Kier molecular flexibility index (Phi) is 4.91. The fourth-order valence-corrected chi connectivity index (χ4v) is 2.76. The average Bonchev–Trinajstić information content (AvgIpc) is 2.49. The van der Waals surface area contributed by atoms with Gasteiger partial charge in [0.2, 0.25) is 0 Å². The highest BCUT2D eigenvalue weighted by Crippen LogP contribution is 2.38. The second kappa shape index (κ2) is 6.50. The molecule has 2 aromatic carbocycles. The predicted octanol–water partition coefficient (Wildman–Crippen LogP) is 4.66. The summed E-state index contributed by atoms with van der Waals surface area (Å²) in [6.07, 6.45) is 0. The minimum absolute atomic E-state index is 0.143. The van der Waals surface area contributed by atoms with Crippen LogP contribution in [0.2, 0.25) is 5.02 Å². The first kappa shape index (κ1) is 15.9. The van der Waals surface area contributed by atoms with Gasteiger partial charge in [-0.15, -0.1) is 0 Å². The first-order chi connectivity index (χ1) is 10.0. The molecule has 0 amide bonds. The van der Waals surface area contributed by atoms with Crippen LogP contribution in [0.15, 0.2) is 34.8 Å². The van der Waals surface area contributed by atoms with Crippen molar-refractivity contribution in [2.24, 2.45) is 0 Å². The molecule has 5 heteroatoms. The van der Waals surface area contributed by atoms with Gasteiger partial charge in [0.25, 0.3) is 0 Å². The highest BCUT2D eigenvalue weighted by atomic mass is 79.9. The number of rotatable bonds is 4. The summed E-state index contributed by atoms with van der Waals surface area (Å²) in [6, 6.07) is 8.81. The summed E-state index contributed by atoms with van der Waals surface area (Å²) in [5.41, 5.74) is 1.88. The summed E-state index contributed by atoms with van der Waals surface area (Å²) in [5, 5.41) is 0.290. The number of benzene rings is 2. The molecule has 0 radical (unpaired) electrons. The quantitative estimate of drug-likeness (QED) is 0.735. The van der Waals surface area contributed by atoms with E-state index in [1.54, 1.807) is 18.2 Å². The highest BCUT2D eigenvalue weighted by molar-refractivity contribution is 9.10. The van der Waals surface area contributed by atoms with Crippen LogP contribution < -0.4 is 9.47 Å². The number of methoxy groups -OCH3 is 2. The maximum atomic E-state index is 12.8. The minimum Gasteiger partial charge on any atom is -0.495 e. The molecule has 0 aromatic heterocycles. The largest absolute Gasteiger partial charge is 0.495 e. The third-order valence-electron chi connectivity index (χ3n) is 3.24. The lowest BCUT2D eigenvalue weighted by Gasteiger charge is -2.13. The number of ketones is 1. The van der Waals surface area contributed by atoms with Gasteiger partial charge in [-0.3, -0.25) is 4.79 Å². The van der Waals surface area contributed by atoms with Crippen LogP contribution in [0.5, 0.6) is 11.5 Å². The maximum absolute atomic E-state index is 12.8. The molecule has 0 atom stereocenters. The molecular formula is C16H14BrClO3. The Morgan fingerprint density at radius 1 is 1.10 bits per heavy atom. The van der Waals surface area contributed by atoms with Crippen molar-refractivity contribution in [1.82, 2.24) is 0 Å². The molecule has 0 fully saturated rings. The Labute approximate surface area is 137 Å². The SMILES string of the molecule is COc1ccc(C(=O)c2cccc(Br)c2C)c(OC)c1Cl. The van der Waals surface area contributed by atoms with E-state index in [4.69, 9.17) is 21.1 Å². The van der Waals surface area contributed by atoms with Gasteiger partial charge < -0.3 is 9.47 Å². The van der Waals surface area contributed by atoms with Gasteiger partial charge in [-0.05, 0) is 30.7 Å². The third-order valence-corrected chi connectivity index (χ3v) is 4.46. The van der Waals surface area contributed by atoms with E-state index in [0.717, 1.165) is 10.0 Å². The molecule has 110 valence electrons. The standard InChI is InChI=1S/C16H14BrClO3/c1-9-10(5-4-6-12(9)17)15(19)11-7-8-13(20-2)14(18)16(11)21-3/h4-8H,1-3H3. The number of halogens is 2. The summed E-state index contributed by atoms with van der Waals surface area (Å²) >= 11 is 9.64. The van der Waals surface area contributed by atoms with Crippen LogP contribution in [-0.4, -0.2) is 20.0 Å². The van der Waals surface area contributed by atoms with Crippen molar-refractivity contribution in [2.45, 2.75) is 6.92 Å². The number of hydrogen-bond donors (Lipinski definition) is 0. The van der Waals surface area contributed by atoms with Gasteiger partial charge in [-0.25, -0.2) is 0 Å². The van der Waals surface area contributed by atoms with Crippen LogP contribution >= 0.6 is 27.5 Å². The van der Waals surface area contributed by atoms with Gasteiger partial charge in [-0.2, -0.15) is 0 Å². The van der Waals surface area contributed by atoms with Gasteiger partial charge in [0.1, 0.15) is 10.8 Å². The van der Waals surface area contributed by atoms with Crippen molar-refractivity contribution in [3.05, 3.63) is 56.5 Å². The van der Waals surface area contributed by atoms with E-state index in [-0.39, 0.29) is 5.78 Å². The van der Waals surface area contributed by atoms with Crippen molar-refractivity contribution in [3.63, 3.8) is 0 Å². The van der Waals surface area contributed by atoms with Gasteiger partial charge in [-0.1, -0.05) is 39.7 Å². The van der Waals surface area contributed by atoms with Crippen molar-refractivity contribution in [3.8, 4) is 11.5 Å². The first-order valence-electron chi connectivity index (χ1n) is 6.21. The molecule has 0 bridgehead atoms. The van der Waals surface area contributed by atoms with E-state index in [0.29, 0.717) is 27.6 Å². The first-order valence-corrected chi connectivity index (χ1v) is 7.38. The summed E-state index contributed by atoms with van der Waals surface area (Å²) in [5.74, 6) is 0.645. The molecule has 0 saturated carbocycles. The van der Waals surface area contributed by atoms with Gasteiger partial charge in [0.15, 0.2) is 11.5 Å². The third kappa shape index (κ3) is 2.92. The molecule has 21 heavy (non-hydrogen) atoms. The van der Waals surface area contributed by atoms with Crippen LogP contribution in [-0.2, 0) is 0 Å². The van der Waals surface area contributed by atoms with E-state index in [9.17, 15) is 4.79 Å². The maximum Gasteiger partial charge on any atom is 0.197 e. The van der Waals surface area contributed by atoms with E-state index < -0.39 is 0 Å².